The van der Waals surface area contributed by atoms with E-state index in [0.717, 1.165) is 0 Å². The Hall–Kier alpha value is 0.219. The maximum Gasteiger partial charge on any atom is 2.00 e. The van der Waals surface area contributed by atoms with Crippen LogP contribution in [-0.2, 0) is 37.7 Å². The quantitative estimate of drug-likeness (QED) is 0.330. The van der Waals surface area contributed by atoms with E-state index in [0.29, 0.717) is 0 Å². The Morgan fingerprint density at radius 1 is 0.833 bits per heavy atom. The van der Waals surface area contributed by atoms with E-state index in [9.17, 15) is 0 Å². The minimum absolute atomic E-state index is 0. The van der Waals surface area contributed by atoms with Gasteiger partial charge < -0.3 is 14.6 Å². The van der Waals surface area contributed by atoms with Crippen LogP contribution in [0, 0.1) is 0 Å². The van der Waals surface area contributed by atoms with Crippen LogP contribution in [0.15, 0.2) is 0 Å². The molecule has 0 atom stereocenters. The fourth-order valence-corrected chi connectivity index (χ4v) is 0. The van der Waals surface area contributed by atoms with Crippen LogP contribution < -0.4 is 10.3 Å². The van der Waals surface area contributed by atoms with Gasteiger partial charge >= 0.3 is 17.1 Å². The third-order valence-corrected chi connectivity index (χ3v) is 0. The van der Waals surface area contributed by atoms with Gasteiger partial charge in [-0.25, -0.2) is 27.1 Å². The van der Waals surface area contributed by atoms with Crippen molar-refractivity contribution < 1.29 is 48.5 Å². The second-order valence-electron chi connectivity index (χ2n) is 0.986. The first-order valence-corrected chi connectivity index (χ1v) is 4.41. The molecule has 0 heterocycles. The van der Waals surface area contributed by atoms with Crippen molar-refractivity contribution in [1.82, 2.24) is 0 Å². The Morgan fingerprint density at radius 2 is 0.833 bits per heavy atom. The van der Waals surface area contributed by atoms with Crippen molar-refractivity contribution in [3.8, 4) is 0 Å². The molecular weight excluding hydrogens is 260 g/mol. The Kier molecular flexibility index (Phi) is 14.9. The average molecular weight is 266 g/mol. The molecule has 0 saturated carbocycles. The second-order valence-corrected chi connectivity index (χ2v) is 2.96. The Labute approximate surface area is 79.7 Å². The van der Waals surface area contributed by atoms with E-state index in [1.165, 1.54) is 0 Å². The molecule has 78 valence electrons. The van der Waals surface area contributed by atoms with Crippen molar-refractivity contribution in [2.75, 3.05) is 0 Å². The summed E-state index contributed by atoms with van der Waals surface area (Å²) >= 11 is 0. The van der Waals surface area contributed by atoms with Crippen LogP contribution in [0.1, 0.15) is 0 Å². The van der Waals surface area contributed by atoms with Crippen molar-refractivity contribution in [3.63, 3.8) is 0 Å². The van der Waals surface area contributed by atoms with Crippen molar-refractivity contribution in [1.29, 1.82) is 0 Å². The molecule has 6 N–H and O–H groups in total. The smallest absolute Gasteiger partial charge is 0.736 e. The van der Waals surface area contributed by atoms with Gasteiger partial charge in [0.1, 0.15) is 0 Å². The molecule has 0 saturated heterocycles. The van der Waals surface area contributed by atoms with Gasteiger partial charge in [-0.2, -0.15) is 0 Å². The number of nitrogens with two attached hydrogens (primary N) is 2. The van der Waals surface area contributed by atoms with Gasteiger partial charge in [-0.15, -0.1) is 0 Å². The largest absolute Gasteiger partial charge is 2.00 e. The normalized spacial score (nSPS) is 9.67. The molecule has 0 aliphatic heterocycles. The molecule has 0 aromatic rings. The van der Waals surface area contributed by atoms with Gasteiger partial charge in [-0.3, -0.25) is 0 Å². The van der Waals surface area contributed by atoms with E-state index in [1.54, 1.807) is 0 Å². The monoisotopic (exact) mass is 266 g/mol. The van der Waals surface area contributed by atoms with Crippen molar-refractivity contribution in [2.24, 2.45) is 10.3 Å². The van der Waals surface area contributed by atoms with Crippen molar-refractivity contribution >= 4 is 20.6 Å². The minimum Gasteiger partial charge on any atom is -0.736 e. The Bertz CT molecular complexity index is 216. The molecular formula is H6FeN2O7S2. The van der Waals surface area contributed by atoms with Gasteiger partial charge in [0.2, 0.25) is 0 Å². The SMILES string of the molecule is NS(=O)(=O)[O-].NS(=O)(=O)[O-].O.[Fe+2]. The zero-order valence-corrected chi connectivity index (χ0v) is 8.01. The third-order valence-electron chi connectivity index (χ3n) is 0. The molecule has 0 aliphatic carbocycles. The summed E-state index contributed by atoms with van der Waals surface area (Å²) in [6.45, 7) is 0. The van der Waals surface area contributed by atoms with Crippen LogP contribution in [0.2, 0.25) is 0 Å². The molecule has 0 aromatic carbocycles. The van der Waals surface area contributed by atoms with E-state index in [1.807, 2.05) is 0 Å². The molecule has 0 aromatic heterocycles. The van der Waals surface area contributed by atoms with Gasteiger partial charge in [-0.1, -0.05) is 0 Å². The Balaban J connectivity index is -0.0000000457. The van der Waals surface area contributed by atoms with E-state index >= 15 is 0 Å². The molecule has 12 heavy (non-hydrogen) atoms. The fourth-order valence-electron chi connectivity index (χ4n) is 0. The third kappa shape index (κ3) is 18000. The van der Waals surface area contributed by atoms with Gasteiger partial charge in [0.05, 0.1) is 0 Å². The summed E-state index contributed by atoms with van der Waals surface area (Å²) in [5.41, 5.74) is 0. The van der Waals surface area contributed by atoms with E-state index in [-0.39, 0.29) is 22.5 Å². The fraction of sp³-hybridized carbons (Fsp3) is 0. The molecule has 0 radical (unpaired) electrons. The first-order valence-electron chi connectivity index (χ1n) is 1.47. The summed E-state index contributed by atoms with van der Waals surface area (Å²) in [6.07, 6.45) is 0. The molecule has 12 heteroatoms. The van der Waals surface area contributed by atoms with Crippen molar-refractivity contribution in [2.45, 2.75) is 0 Å². The molecule has 0 fully saturated rings. The number of hydrogen-bond acceptors (Lipinski definition) is 6. The average Bonchev–Trinajstić information content (AvgIpc) is 1.12. The maximum absolute atomic E-state index is 8.85. The minimum atomic E-state index is -4.42. The zero-order chi connectivity index (χ0) is 9.00. The molecule has 0 aliphatic rings. The van der Waals surface area contributed by atoms with Crippen molar-refractivity contribution in [3.05, 3.63) is 0 Å². The predicted molar refractivity (Wildman–Crippen MR) is 31.4 cm³/mol. The van der Waals surface area contributed by atoms with E-state index in [4.69, 9.17) is 25.9 Å². The summed E-state index contributed by atoms with van der Waals surface area (Å²) in [5.74, 6) is 0. The van der Waals surface area contributed by atoms with Gasteiger partial charge in [0.25, 0.3) is 0 Å². The van der Waals surface area contributed by atoms with Gasteiger partial charge in [-0.05, 0) is 0 Å². The summed E-state index contributed by atoms with van der Waals surface area (Å²) in [6, 6.07) is 0. The summed E-state index contributed by atoms with van der Waals surface area (Å²) in [7, 11) is -8.83. The topological polar surface area (TPSA) is 198 Å². The zero-order valence-electron chi connectivity index (χ0n) is 5.27. The van der Waals surface area contributed by atoms with E-state index in [2.05, 4.69) is 10.3 Å². The van der Waals surface area contributed by atoms with Gasteiger partial charge in [0.15, 0.2) is 20.6 Å². The summed E-state index contributed by atoms with van der Waals surface area (Å²) < 4.78 is 53.1. The molecule has 9 nitrogen and oxygen atoms in total. The van der Waals surface area contributed by atoms with Gasteiger partial charge in [0, 0.05) is 0 Å². The molecule has 0 spiro atoms. The molecule has 0 amide bonds. The summed E-state index contributed by atoms with van der Waals surface area (Å²) in [5, 5.41) is 7.54. The molecule has 0 rings (SSSR count). The van der Waals surface area contributed by atoms with Crippen LogP contribution in [0.4, 0.5) is 0 Å². The first-order chi connectivity index (χ1) is 4.00. The number of hydrogen-bond donors (Lipinski definition) is 2. The molecule has 0 unspecified atom stereocenters. The van der Waals surface area contributed by atoms with E-state index < -0.39 is 20.6 Å². The Morgan fingerprint density at radius 3 is 0.833 bits per heavy atom. The number of rotatable bonds is 0. The predicted octanol–water partition coefficient (Wildman–Crippen LogP) is -4.02. The first kappa shape index (κ1) is 22.8. The second kappa shape index (κ2) is 7.85. The van der Waals surface area contributed by atoms with Crippen LogP contribution in [0.5, 0.6) is 0 Å². The van der Waals surface area contributed by atoms with Crippen LogP contribution in [-0.4, -0.2) is 31.4 Å². The van der Waals surface area contributed by atoms with Crippen LogP contribution in [0.3, 0.4) is 0 Å². The van der Waals surface area contributed by atoms with Crippen LogP contribution >= 0.6 is 0 Å². The standard InChI is InChI=1S/Fe.2H3NO3S.H2O/c;2*1-5(2,3)4;/h;2*(H3,1,2,3,4);1H2/q+2;;;/p-2. The summed E-state index contributed by atoms with van der Waals surface area (Å²) in [4.78, 5) is 0. The molecule has 0 bridgehead atoms. The maximum atomic E-state index is 8.85. The van der Waals surface area contributed by atoms with Crippen LogP contribution in [0.25, 0.3) is 0 Å².